The molecule has 2 aromatic rings. The predicted molar refractivity (Wildman–Crippen MR) is 75.2 cm³/mol. The molecule has 0 saturated carbocycles. The first kappa shape index (κ1) is 10.7. The lowest BCUT2D eigenvalue weighted by Crippen LogP contribution is -2.01. The highest BCUT2D eigenvalue weighted by molar-refractivity contribution is 9.11. The van der Waals surface area contributed by atoms with Crippen molar-refractivity contribution in [1.82, 2.24) is 0 Å². The fourth-order valence-electron chi connectivity index (χ4n) is 1.48. The van der Waals surface area contributed by atoms with Gasteiger partial charge in [0.1, 0.15) is 7.85 Å². The van der Waals surface area contributed by atoms with Crippen molar-refractivity contribution in [2.24, 2.45) is 0 Å². The second-order valence-electron chi connectivity index (χ2n) is 3.23. The van der Waals surface area contributed by atoms with Gasteiger partial charge in [0.2, 0.25) is 0 Å². The largest absolute Gasteiger partial charge is 0.139 e. The molecule has 0 aliphatic rings. The van der Waals surface area contributed by atoms with Gasteiger partial charge in [-0.05, 0) is 22.9 Å². The number of halogens is 3. The normalized spacial score (nSPS) is 10.8. The second kappa shape index (κ2) is 3.99. The van der Waals surface area contributed by atoms with Gasteiger partial charge < -0.3 is 0 Å². The zero-order chi connectivity index (χ0) is 10.3. The maximum atomic E-state index is 3.57. The number of rotatable bonds is 0. The van der Waals surface area contributed by atoms with Crippen LogP contribution in [0.25, 0.3) is 10.8 Å². The molecule has 0 nitrogen and oxygen atoms in total. The highest BCUT2D eigenvalue weighted by Crippen LogP contribution is 2.31. The van der Waals surface area contributed by atoms with E-state index in [9.17, 15) is 0 Å². The molecule has 0 radical (unpaired) electrons. The molecule has 0 aliphatic heterocycles. The van der Waals surface area contributed by atoms with Crippen LogP contribution in [0.5, 0.6) is 0 Å². The average molecular weight is 377 g/mol. The SMILES string of the molecule is Bc1cc(Br)c2cc(Br)cc(Br)c2c1. The molecule has 0 aliphatic carbocycles. The van der Waals surface area contributed by atoms with Gasteiger partial charge in [-0.1, -0.05) is 65.4 Å². The van der Waals surface area contributed by atoms with Gasteiger partial charge in [0.05, 0.1) is 0 Å². The summed E-state index contributed by atoms with van der Waals surface area (Å²) in [7, 11) is 2.10. The van der Waals surface area contributed by atoms with Gasteiger partial charge in [0.25, 0.3) is 0 Å². The van der Waals surface area contributed by atoms with Gasteiger partial charge in [-0.25, -0.2) is 0 Å². The third kappa shape index (κ3) is 1.93. The Morgan fingerprint density at radius 2 is 1.36 bits per heavy atom. The molecule has 4 heteroatoms. The Labute approximate surface area is 109 Å². The molecule has 0 heterocycles. The summed E-state index contributed by atoms with van der Waals surface area (Å²) >= 11 is 10.6. The molecule has 0 aromatic heterocycles. The number of hydrogen-bond acceptors (Lipinski definition) is 0. The molecule has 2 aromatic carbocycles. The number of benzene rings is 2. The highest BCUT2D eigenvalue weighted by atomic mass is 79.9. The van der Waals surface area contributed by atoms with E-state index in [2.05, 4.69) is 79.9 Å². The lowest BCUT2D eigenvalue weighted by molar-refractivity contribution is 1.66. The van der Waals surface area contributed by atoms with Crippen molar-refractivity contribution in [1.29, 1.82) is 0 Å². The number of hydrogen-bond donors (Lipinski definition) is 0. The quantitative estimate of drug-likeness (QED) is 0.618. The van der Waals surface area contributed by atoms with Crippen molar-refractivity contribution in [2.45, 2.75) is 0 Å². The summed E-state index contributed by atoms with van der Waals surface area (Å²) in [4.78, 5) is 0. The van der Waals surface area contributed by atoms with E-state index in [0.29, 0.717) is 0 Å². The molecule has 0 bridgehead atoms. The van der Waals surface area contributed by atoms with E-state index in [4.69, 9.17) is 0 Å². The Bertz CT molecular complexity index is 461. The van der Waals surface area contributed by atoms with E-state index in [0.717, 1.165) is 13.4 Å². The van der Waals surface area contributed by atoms with Crippen molar-refractivity contribution < 1.29 is 0 Å². The van der Waals surface area contributed by atoms with Crippen LogP contribution in [0.4, 0.5) is 0 Å². The highest BCUT2D eigenvalue weighted by Gasteiger charge is 2.04. The summed E-state index contributed by atoms with van der Waals surface area (Å²) < 4.78 is 3.34. The first-order chi connectivity index (χ1) is 6.58. The summed E-state index contributed by atoms with van der Waals surface area (Å²) in [5, 5.41) is 2.46. The summed E-state index contributed by atoms with van der Waals surface area (Å²) in [6.45, 7) is 0. The lowest BCUT2D eigenvalue weighted by atomic mass is 9.93. The Hall–Kier alpha value is 0.205. The van der Waals surface area contributed by atoms with Gasteiger partial charge in [-0.15, -0.1) is 0 Å². The standard InChI is InChI=1S/C10H6BBr3/c11-5-1-7-8(9(13)2-5)3-6(12)4-10(7)14/h1-4H,11H2. The second-order valence-corrected chi connectivity index (χ2v) is 5.85. The maximum Gasteiger partial charge on any atom is 0.139 e. The smallest absolute Gasteiger partial charge is 0.0872 e. The molecule has 2 rings (SSSR count). The van der Waals surface area contributed by atoms with Crippen LogP contribution in [0.3, 0.4) is 0 Å². The van der Waals surface area contributed by atoms with Gasteiger partial charge >= 0.3 is 0 Å². The third-order valence-electron chi connectivity index (χ3n) is 2.08. The van der Waals surface area contributed by atoms with Crippen molar-refractivity contribution in [3.05, 3.63) is 37.7 Å². The average Bonchev–Trinajstić information content (AvgIpc) is 2.07. The van der Waals surface area contributed by atoms with Crippen LogP contribution in [-0.2, 0) is 0 Å². The summed E-state index contributed by atoms with van der Waals surface area (Å²) in [5.74, 6) is 0. The lowest BCUT2D eigenvalue weighted by Gasteiger charge is -2.06. The van der Waals surface area contributed by atoms with Crippen LogP contribution in [-0.4, -0.2) is 7.85 Å². The zero-order valence-corrected chi connectivity index (χ0v) is 12.2. The van der Waals surface area contributed by atoms with E-state index in [1.807, 2.05) is 0 Å². The van der Waals surface area contributed by atoms with Crippen molar-refractivity contribution >= 4 is 71.9 Å². The third-order valence-corrected chi connectivity index (χ3v) is 3.85. The van der Waals surface area contributed by atoms with Gasteiger partial charge in [-0.3, -0.25) is 0 Å². The molecule has 0 spiro atoms. The van der Waals surface area contributed by atoms with Gasteiger partial charge in [0.15, 0.2) is 0 Å². The molecule has 70 valence electrons. The molecule has 14 heavy (non-hydrogen) atoms. The molecular formula is C10H6BBr3. The van der Waals surface area contributed by atoms with E-state index in [1.165, 1.54) is 16.2 Å². The van der Waals surface area contributed by atoms with Crippen LogP contribution < -0.4 is 5.46 Å². The van der Waals surface area contributed by atoms with E-state index in [-0.39, 0.29) is 0 Å². The molecule has 0 saturated heterocycles. The Morgan fingerprint density at radius 1 is 0.786 bits per heavy atom. The maximum absolute atomic E-state index is 3.57. The molecule has 0 unspecified atom stereocenters. The monoisotopic (exact) mass is 374 g/mol. The van der Waals surface area contributed by atoms with E-state index in [1.54, 1.807) is 0 Å². The van der Waals surface area contributed by atoms with Crippen LogP contribution in [0.15, 0.2) is 37.7 Å². The first-order valence-electron chi connectivity index (χ1n) is 4.13. The van der Waals surface area contributed by atoms with Crippen LogP contribution >= 0.6 is 47.8 Å². The topological polar surface area (TPSA) is 0 Å². The Balaban J connectivity index is 2.94. The molecule has 0 fully saturated rings. The van der Waals surface area contributed by atoms with Gasteiger partial charge in [0, 0.05) is 13.4 Å². The Kier molecular flexibility index (Phi) is 3.05. The molecule has 0 N–H and O–H groups in total. The van der Waals surface area contributed by atoms with Crippen LogP contribution in [0.1, 0.15) is 0 Å². The fourth-order valence-corrected chi connectivity index (χ4v) is 3.50. The summed E-state index contributed by atoms with van der Waals surface area (Å²) in [6, 6.07) is 8.48. The fraction of sp³-hybridized carbons (Fsp3) is 0. The molecule has 0 atom stereocenters. The Morgan fingerprint density at radius 3 is 2.07 bits per heavy atom. The van der Waals surface area contributed by atoms with Crippen LogP contribution in [0, 0.1) is 0 Å². The summed E-state index contributed by atoms with van der Waals surface area (Å²) in [5.41, 5.74) is 1.26. The van der Waals surface area contributed by atoms with Crippen molar-refractivity contribution in [2.75, 3.05) is 0 Å². The van der Waals surface area contributed by atoms with Crippen molar-refractivity contribution in [3.8, 4) is 0 Å². The van der Waals surface area contributed by atoms with Crippen molar-refractivity contribution in [3.63, 3.8) is 0 Å². The molecule has 0 amide bonds. The van der Waals surface area contributed by atoms with E-state index < -0.39 is 0 Å². The van der Waals surface area contributed by atoms with Crippen LogP contribution in [0.2, 0.25) is 0 Å². The zero-order valence-electron chi connectivity index (χ0n) is 7.44. The summed E-state index contributed by atoms with van der Waals surface area (Å²) in [6.07, 6.45) is 0. The number of fused-ring (bicyclic) bond motifs is 1. The predicted octanol–water partition coefficient (Wildman–Crippen LogP) is 3.39. The minimum absolute atomic E-state index is 1.08. The minimum atomic E-state index is 1.08. The van der Waals surface area contributed by atoms with Gasteiger partial charge in [-0.2, -0.15) is 0 Å². The minimum Gasteiger partial charge on any atom is -0.0872 e. The molecular weight excluding hydrogens is 371 g/mol. The van der Waals surface area contributed by atoms with E-state index >= 15 is 0 Å². The first-order valence-corrected chi connectivity index (χ1v) is 6.51.